The van der Waals surface area contributed by atoms with Crippen LogP contribution in [-0.2, 0) is 16.7 Å². The van der Waals surface area contributed by atoms with Gasteiger partial charge < -0.3 is 4.55 Å². The van der Waals surface area contributed by atoms with Gasteiger partial charge in [0.15, 0.2) is 10.1 Å². The van der Waals surface area contributed by atoms with Crippen LogP contribution in [0.25, 0.3) is 0 Å². The number of hydrogen-bond donors (Lipinski definition) is 0. The maximum atomic E-state index is 10.7. The summed E-state index contributed by atoms with van der Waals surface area (Å²) in [5, 5.41) is 0. The molecule has 0 amide bonds. The zero-order valence-corrected chi connectivity index (χ0v) is 20.7. The Morgan fingerprint density at radius 2 is 1.38 bits per heavy atom. The molecule has 0 fully saturated rings. The lowest BCUT2D eigenvalue weighted by molar-refractivity contribution is -0.524. The third-order valence-electron chi connectivity index (χ3n) is 4.78. The van der Waals surface area contributed by atoms with Crippen LogP contribution in [0.3, 0.4) is 0 Å². The summed E-state index contributed by atoms with van der Waals surface area (Å²) < 4.78 is 61.3. The number of halogens is 3. The number of alkyl halides is 3. The highest BCUT2D eigenvalue weighted by Crippen LogP contribution is 2.20. The first-order chi connectivity index (χ1) is 14.9. The number of benzene rings is 1. The van der Waals surface area contributed by atoms with E-state index in [1.807, 2.05) is 0 Å². The van der Waals surface area contributed by atoms with Crippen molar-refractivity contribution in [3.8, 4) is 0 Å². The lowest BCUT2D eigenvalue weighted by Crippen LogP contribution is -2.49. The highest BCUT2D eigenvalue weighted by molar-refractivity contribution is 7.86. The second-order valence-electron chi connectivity index (χ2n) is 7.41. The lowest BCUT2D eigenvalue weighted by atomic mass is 10.2. The van der Waals surface area contributed by atoms with Crippen molar-refractivity contribution >= 4 is 16.1 Å². The molecule has 0 aromatic heterocycles. The molecule has 1 aromatic carbocycles. The van der Waals surface area contributed by atoms with Crippen LogP contribution in [0.1, 0.15) is 58.9 Å². The van der Waals surface area contributed by atoms with Crippen molar-refractivity contribution in [2.24, 2.45) is 0 Å². The first-order valence-electron chi connectivity index (χ1n) is 11.1. The predicted octanol–water partition coefficient (Wildman–Crippen LogP) is 4.48. The minimum absolute atomic E-state index is 0.960. The zero-order chi connectivity index (χ0) is 24.8. The molecule has 0 N–H and O–H groups in total. The minimum Gasteiger partial charge on any atom is -0.741 e. The highest BCUT2D eigenvalue weighted by atomic mass is 32.2. The fourth-order valence-corrected chi connectivity index (χ4v) is 3.13. The highest BCUT2D eigenvalue weighted by Gasteiger charge is 2.36. The van der Waals surface area contributed by atoms with E-state index >= 15 is 0 Å². The maximum Gasteiger partial charge on any atom is 0.485 e. The van der Waals surface area contributed by atoms with E-state index in [9.17, 15) is 13.2 Å². The van der Waals surface area contributed by atoms with Gasteiger partial charge in [-0.05, 0) is 32.3 Å². The van der Waals surface area contributed by atoms with Gasteiger partial charge in [-0.15, -0.1) is 0 Å². The molecule has 0 spiro atoms. The molecule has 0 atom stereocenters. The van der Waals surface area contributed by atoms with Crippen molar-refractivity contribution in [2.75, 3.05) is 33.2 Å². The van der Waals surface area contributed by atoms with Crippen LogP contribution >= 0.6 is 0 Å². The van der Waals surface area contributed by atoms with Crippen LogP contribution in [0.4, 0.5) is 13.2 Å². The summed E-state index contributed by atoms with van der Waals surface area (Å²) >= 11 is 0. The van der Waals surface area contributed by atoms with Crippen molar-refractivity contribution in [3.05, 3.63) is 35.9 Å². The summed E-state index contributed by atoms with van der Waals surface area (Å²) in [4.78, 5) is 5.12. The molecule has 6 nitrogen and oxygen atoms in total. The average molecular weight is 482 g/mol. The average Bonchev–Trinajstić information content (AvgIpc) is 2.72. The number of unbranched alkanes of at least 4 members (excludes halogenated alkanes) is 2. The molecule has 0 heterocycles. The summed E-state index contributed by atoms with van der Waals surface area (Å²) in [5.74, 6) is 1.39. The van der Waals surface area contributed by atoms with Crippen LogP contribution in [0.15, 0.2) is 30.3 Å². The van der Waals surface area contributed by atoms with Crippen molar-refractivity contribution in [3.63, 3.8) is 0 Å². The van der Waals surface area contributed by atoms with Gasteiger partial charge in [0.2, 0.25) is 0 Å². The molecular formula is C22H38F3N3O3S. The molecule has 10 heteroatoms. The predicted molar refractivity (Wildman–Crippen MR) is 121 cm³/mol. The lowest BCUT2D eigenvalue weighted by Gasteiger charge is -2.29. The maximum absolute atomic E-state index is 10.7. The van der Waals surface area contributed by atoms with Gasteiger partial charge in [0.05, 0.1) is 39.8 Å². The molecule has 0 aliphatic carbocycles. The summed E-state index contributed by atoms with van der Waals surface area (Å²) in [5.41, 5.74) is -4.27. The first kappa shape index (κ1) is 30.2. The van der Waals surface area contributed by atoms with E-state index in [4.69, 9.17) is 13.0 Å². The Balaban J connectivity index is 0.00000102. The number of nitrogens with zero attached hydrogens (tertiary/aromatic N) is 3. The second-order valence-corrected chi connectivity index (χ2v) is 8.78. The smallest absolute Gasteiger partial charge is 0.485 e. The molecule has 0 aliphatic heterocycles. The van der Waals surface area contributed by atoms with Gasteiger partial charge in [0.25, 0.3) is 0 Å². The Morgan fingerprint density at radius 1 is 0.938 bits per heavy atom. The quantitative estimate of drug-likeness (QED) is 0.162. The summed E-state index contributed by atoms with van der Waals surface area (Å²) in [7, 11) is -3.85. The van der Waals surface area contributed by atoms with Crippen molar-refractivity contribution in [1.82, 2.24) is 9.80 Å². The van der Waals surface area contributed by atoms with Gasteiger partial charge >= 0.3 is 11.5 Å². The molecule has 0 unspecified atom stereocenters. The standard InChI is InChI=1S/C21H38N3.CHF3O3S/c1-6-10-17-24(18-11-7-2)21(23(8-3)9-4)22(5)19-20-15-13-12-14-16-20;2-1(3,4)8(5,6)7/h12-16H,6-11,17-19H2,1-5H3;(H,5,6,7)/q+1;/p-1. The molecule has 32 heavy (non-hydrogen) atoms. The summed E-state index contributed by atoms with van der Waals surface area (Å²) in [6, 6.07) is 10.8. The molecule has 0 bridgehead atoms. The number of rotatable bonds is 10. The van der Waals surface area contributed by atoms with E-state index in [-0.39, 0.29) is 0 Å². The van der Waals surface area contributed by atoms with Crippen LogP contribution in [-0.4, -0.2) is 72.0 Å². The molecule has 1 aromatic rings. The van der Waals surface area contributed by atoms with Crippen LogP contribution in [0.2, 0.25) is 0 Å². The monoisotopic (exact) mass is 481 g/mol. The normalized spacial score (nSPS) is 12.5. The van der Waals surface area contributed by atoms with E-state index in [0.29, 0.717) is 0 Å². The van der Waals surface area contributed by atoms with E-state index in [1.54, 1.807) is 0 Å². The molecular weight excluding hydrogens is 443 g/mol. The number of guanidine groups is 1. The van der Waals surface area contributed by atoms with Gasteiger partial charge in [0, 0.05) is 0 Å². The van der Waals surface area contributed by atoms with E-state index in [1.165, 1.54) is 37.2 Å². The van der Waals surface area contributed by atoms with Crippen molar-refractivity contribution < 1.29 is 30.7 Å². The van der Waals surface area contributed by atoms with Gasteiger partial charge in [-0.25, -0.2) is 8.42 Å². The number of hydrogen-bond acceptors (Lipinski definition) is 3. The molecule has 0 saturated carbocycles. The fraction of sp³-hybridized carbons (Fsp3) is 0.682. The largest absolute Gasteiger partial charge is 0.741 e. The Hall–Kier alpha value is -1.81. The molecule has 0 aliphatic rings. The van der Waals surface area contributed by atoms with E-state index < -0.39 is 15.6 Å². The van der Waals surface area contributed by atoms with Crippen LogP contribution in [0, 0.1) is 0 Å². The third kappa shape index (κ3) is 11.2. The Bertz CT molecular complexity index is 758. The van der Waals surface area contributed by atoms with Gasteiger partial charge in [-0.2, -0.15) is 13.2 Å². The Morgan fingerprint density at radius 3 is 1.72 bits per heavy atom. The van der Waals surface area contributed by atoms with Crippen LogP contribution < -0.4 is 0 Å². The second kappa shape index (κ2) is 15.1. The van der Waals surface area contributed by atoms with Gasteiger partial charge in [-0.1, -0.05) is 57.0 Å². The Kier molecular flexibility index (Phi) is 14.2. The SMILES string of the molecule is CCCCN(CCCC)C(N(CC)CC)=[N+](C)Cc1ccccc1.O=S(=O)([O-])C(F)(F)F. The Labute approximate surface area is 191 Å². The molecule has 186 valence electrons. The van der Waals surface area contributed by atoms with E-state index in [2.05, 4.69) is 79.4 Å². The van der Waals surface area contributed by atoms with Crippen molar-refractivity contribution in [1.29, 1.82) is 0 Å². The third-order valence-corrected chi connectivity index (χ3v) is 5.35. The van der Waals surface area contributed by atoms with Crippen LogP contribution in [0.5, 0.6) is 0 Å². The van der Waals surface area contributed by atoms with Crippen molar-refractivity contribution in [2.45, 2.75) is 65.4 Å². The minimum atomic E-state index is -6.09. The molecule has 0 saturated heterocycles. The van der Waals surface area contributed by atoms with Gasteiger partial charge in [-0.3, -0.25) is 14.4 Å². The first-order valence-corrected chi connectivity index (χ1v) is 12.5. The molecule has 1 rings (SSSR count). The summed E-state index contributed by atoms with van der Waals surface area (Å²) in [6.07, 6.45) is 5.01. The molecule has 0 radical (unpaired) electrons. The van der Waals surface area contributed by atoms with Gasteiger partial charge in [0.1, 0.15) is 0 Å². The van der Waals surface area contributed by atoms with E-state index in [0.717, 1.165) is 32.7 Å². The topological polar surface area (TPSA) is 66.7 Å². The summed E-state index contributed by atoms with van der Waals surface area (Å²) in [6.45, 7) is 14.5. The zero-order valence-electron chi connectivity index (χ0n) is 19.9. The fourth-order valence-electron chi connectivity index (χ4n) is 3.13.